The van der Waals surface area contributed by atoms with Gasteiger partial charge in [-0.2, -0.15) is 0 Å². The first kappa shape index (κ1) is 20.3. The van der Waals surface area contributed by atoms with Crippen LogP contribution in [0.1, 0.15) is 12.5 Å². The Kier molecular flexibility index (Phi) is 7.25. The number of ether oxygens (including phenoxy) is 2. The largest absolute Gasteiger partial charge is 0.497 e. The van der Waals surface area contributed by atoms with Gasteiger partial charge in [-0.3, -0.25) is 9.59 Å². The summed E-state index contributed by atoms with van der Waals surface area (Å²) in [5.41, 5.74) is 1.36. The summed E-state index contributed by atoms with van der Waals surface area (Å²) in [5.74, 6) is 0.517. The van der Waals surface area contributed by atoms with E-state index in [0.717, 1.165) is 11.3 Å². The standard InChI is InChI=1S/C20H21ClN2O4/c1-13(20(25)23-15-7-10-18(27-3)17(21)12-15)22-19(24)11-6-14-4-8-16(26-2)9-5-14/h4-13H,1-3H3,(H,22,24)(H,23,25)/b11-6+. The quantitative estimate of drug-likeness (QED) is 0.711. The Bertz CT molecular complexity index is 834. The van der Waals surface area contributed by atoms with Crippen LogP contribution in [0.5, 0.6) is 11.5 Å². The molecule has 0 heterocycles. The molecule has 2 N–H and O–H groups in total. The number of benzene rings is 2. The zero-order chi connectivity index (χ0) is 19.8. The van der Waals surface area contributed by atoms with Crippen molar-refractivity contribution in [2.75, 3.05) is 19.5 Å². The van der Waals surface area contributed by atoms with Crippen LogP contribution in [-0.4, -0.2) is 32.1 Å². The highest BCUT2D eigenvalue weighted by molar-refractivity contribution is 6.32. The molecule has 0 saturated carbocycles. The highest BCUT2D eigenvalue weighted by Crippen LogP contribution is 2.27. The molecule has 2 rings (SSSR count). The second kappa shape index (κ2) is 9.64. The van der Waals surface area contributed by atoms with Gasteiger partial charge in [-0.15, -0.1) is 0 Å². The number of amides is 2. The normalized spacial score (nSPS) is 11.7. The maximum atomic E-state index is 12.2. The van der Waals surface area contributed by atoms with E-state index >= 15 is 0 Å². The molecule has 27 heavy (non-hydrogen) atoms. The van der Waals surface area contributed by atoms with Crippen molar-refractivity contribution in [2.24, 2.45) is 0 Å². The number of methoxy groups -OCH3 is 2. The monoisotopic (exact) mass is 388 g/mol. The van der Waals surface area contributed by atoms with Crippen LogP contribution in [0.4, 0.5) is 5.69 Å². The summed E-state index contributed by atoms with van der Waals surface area (Å²) in [6, 6.07) is 11.4. The molecule has 0 aliphatic rings. The van der Waals surface area contributed by atoms with Crippen molar-refractivity contribution >= 4 is 35.2 Å². The molecule has 142 valence electrons. The van der Waals surface area contributed by atoms with E-state index in [-0.39, 0.29) is 11.8 Å². The number of halogens is 1. The molecule has 1 atom stereocenters. The summed E-state index contributed by atoms with van der Waals surface area (Å²) in [4.78, 5) is 24.2. The molecule has 2 aromatic carbocycles. The minimum atomic E-state index is -0.723. The lowest BCUT2D eigenvalue weighted by Gasteiger charge is -2.13. The summed E-state index contributed by atoms with van der Waals surface area (Å²) >= 11 is 6.03. The second-order valence-electron chi connectivity index (χ2n) is 5.68. The molecule has 0 saturated heterocycles. The van der Waals surface area contributed by atoms with Gasteiger partial charge in [0.2, 0.25) is 11.8 Å². The predicted molar refractivity (Wildman–Crippen MR) is 106 cm³/mol. The average Bonchev–Trinajstić information content (AvgIpc) is 2.66. The number of nitrogens with one attached hydrogen (secondary N) is 2. The van der Waals surface area contributed by atoms with E-state index in [1.54, 1.807) is 50.4 Å². The van der Waals surface area contributed by atoms with E-state index in [9.17, 15) is 9.59 Å². The topological polar surface area (TPSA) is 76.7 Å². The molecule has 7 heteroatoms. The molecule has 0 aromatic heterocycles. The van der Waals surface area contributed by atoms with Crippen LogP contribution in [-0.2, 0) is 9.59 Å². The van der Waals surface area contributed by atoms with E-state index < -0.39 is 6.04 Å². The average molecular weight is 389 g/mol. The molecule has 6 nitrogen and oxygen atoms in total. The highest BCUT2D eigenvalue weighted by Gasteiger charge is 2.15. The minimum Gasteiger partial charge on any atom is -0.497 e. The number of hydrogen-bond acceptors (Lipinski definition) is 4. The Morgan fingerprint density at radius 2 is 1.78 bits per heavy atom. The number of hydrogen-bond donors (Lipinski definition) is 2. The van der Waals surface area contributed by atoms with Gasteiger partial charge in [0.15, 0.2) is 0 Å². The molecule has 0 aliphatic heterocycles. The van der Waals surface area contributed by atoms with E-state index in [2.05, 4.69) is 10.6 Å². The van der Waals surface area contributed by atoms with Crippen molar-refractivity contribution in [2.45, 2.75) is 13.0 Å². The molecule has 2 amide bonds. The summed E-state index contributed by atoms with van der Waals surface area (Å²) in [6.07, 6.45) is 3.03. The first-order chi connectivity index (χ1) is 12.9. The predicted octanol–water partition coefficient (Wildman–Crippen LogP) is 3.51. The Hall–Kier alpha value is -2.99. The van der Waals surface area contributed by atoms with Gasteiger partial charge in [0.1, 0.15) is 17.5 Å². The summed E-state index contributed by atoms with van der Waals surface area (Å²) in [6.45, 7) is 1.60. The molecular formula is C20H21ClN2O4. The number of carbonyl (C=O) groups excluding carboxylic acids is 2. The Labute approximate surface area is 163 Å². The maximum Gasteiger partial charge on any atom is 0.246 e. The zero-order valence-corrected chi connectivity index (χ0v) is 16.0. The number of anilines is 1. The second-order valence-corrected chi connectivity index (χ2v) is 6.08. The van der Waals surface area contributed by atoms with Crippen molar-refractivity contribution in [1.82, 2.24) is 5.32 Å². The molecule has 2 aromatic rings. The molecular weight excluding hydrogens is 368 g/mol. The third-order valence-corrected chi connectivity index (χ3v) is 4.01. The summed E-state index contributed by atoms with van der Waals surface area (Å²) in [7, 11) is 3.10. The van der Waals surface area contributed by atoms with Gasteiger partial charge in [-0.25, -0.2) is 0 Å². The van der Waals surface area contributed by atoms with E-state index in [1.807, 2.05) is 12.1 Å². The fourth-order valence-corrected chi connectivity index (χ4v) is 2.47. The zero-order valence-electron chi connectivity index (χ0n) is 15.3. The van der Waals surface area contributed by atoms with Crippen LogP contribution in [0.15, 0.2) is 48.5 Å². The maximum absolute atomic E-state index is 12.2. The molecule has 0 fully saturated rings. The van der Waals surface area contributed by atoms with Gasteiger partial charge in [-0.1, -0.05) is 23.7 Å². The Morgan fingerprint density at radius 1 is 1.07 bits per heavy atom. The fraction of sp³-hybridized carbons (Fsp3) is 0.200. The lowest BCUT2D eigenvalue weighted by Crippen LogP contribution is -2.40. The minimum absolute atomic E-state index is 0.359. The smallest absolute Gasteiger partial charge is 0.246 e. The lowest BCUT2D eigenvalue weighted by atomic mass is 10.2. The highest BCUT2D eigenvalue weighted by atomic mass is 35.5. The van der Waals surface area contributed by atoms with Crippen LogP contribution in [0, 0.1) is 0 Å². The Morgan fingerprint density at radius 3 is 2.37 bits per heavy atom. The van der Waals surface area contributed by atoms with Gasteiger partial charge < -0.3 is 20.1 Å². The van der Waals surface area contributed by atoms with Gasteiger partial charge in [0.05, 0.1) is 19.2 Å². The molecule has 0 aliphatic carbocycles. The SMILES string of the molecule is COc1ccc(/C=C/C(=O)NC(C)C(=O)Nc2ccc(OC)c(Cl)c2)cc1. The third kappa shape index (κ3) is 6.04. The Balaban J connectivity index is 1.89. The van der Waals surface area contributed by atoms with Gasteiger partial charge >= 0.3 is 0 Å². The van der Waals surface area contributed by atoms with E-state index in [4.69, 9.17) is 21.1 Å². The van der Waals surface area contributed by atoms with Crippen LogP contribution in [0.2, 0.25) is 5.02 Å². The van der Waals surface area contributed by atoms with Crippen molar-refractivity contribution in [1.29, 1.82) is 0 Å². The van der Waals surface area contributed by atoms with Crippen LogP contribution < -0.4 is 20.1 Å². The first-order valence-electron chi connectivity index (χ1n) is 8.20. The molecule has 0 bridgehead atoms. The summed E-state index contributed by atoms with van der Waals surface area (Å²) < 4.78 is 10.1. The van der Waals surface area contributed by atoms with Gasteiger partial charge in [-0.05, 0) is 48.9 Å². The molecule has 0 spiro atoms. The molecule has 1 unspecified atom stereocenters. The van der Waals surface area contributed by atoms with Crippen LogP contribution in [0.3, 0.4) is 0 Å². The number of carbonyl (C=O) groups is 2. The van der Waals surface area contributed by atoms with Gasteiger partial charge in [0, 0.05) is 11.8 Å². The van der Waals surface area contributed by atoms with Gasteiger partial charge in [0.25, 0.3) is 0 Å². The van der Waals surface area contributed by atoms with Crippen LogP contribution in [0.25, 0.3) is 6.08 Å². The lowest BCUT2D eigenvalue weighted by molar-refractivity contribution is -0.123. The van der Waals surface area contributed by atoms with Crippen molar-refractivity contribution < 1.29 is 19.1 Å². The first-order valence-corrected chi connectivity index (χ1v) is 8.57. The summed E-state index contributed by atoms with van der Waals surface area (Å²) in [5, 5.41) is 5.69. The van der Waals surface area contributed by atoms with E-state index in [1.165, 1.54) is 13.2 Å². The van der Waals surface area contributed by atoms with Crippen molar-refractivity contribution in [3.8, 4) is 11.5 Å². The van der Waals surface area contributed by atoms with E-state index in [0.29, 0.717) is 16.5 Å². The third-order valence-electron chi connectivity index (χ3n) is 3.71. The van der Waals surface area contributed by atoms with Crippen molar-refractivity contribution in [3.05, 3.63) is 59.1 Å². The fourth-order valence-electron chi connectivity index (χ4n) is 2.21. The molecule has 0 radical (unpaired) electrons. The number of rotatable bonds is 7. The van der Waals surface area contributed by atoms with Crippen LogP contribution >= 0.6 is 11.6 Å². The van der Waals surface area contributed by atoms with Crippen molar-refractivity contribution in [3.63, 3.8) is 0 Å².